The Morgan fingerprint density at radius 2 is 1.46 bits per heavy atom. The first-order valence-electron chi connectivity index (χ1n) is 6.67. The summed E-state index contributed by atoms with van der Waals surface area (Å²) in [5, 5.41) is 10.9. The average molecular weight is 465 g/mol. The summed E-state index contributed by atoms with van der Waals surface area (Å²) in [6.45, 7) is 2.28. The van der Waals surface area contributed by atoms with E-state index in [4.69, 9.17) is 5.11 Å². The van der Waals surface area contributed by atoms with Crippen molar-refractivity contribution in [3.8, 4) is 0 Å². The van der Waals surface area contributed by atoms with Crippen LogP contribution in [0.15, 0.2) is 45.3 Å². The molecular weight excluding hydrogens is 452 g/mol. The van der Waals surface area contributed by atoms with Crippen molar-refractivity contribution in [2.45, 2.75) is 6.92 Å². The van der Waals surface area contributed by atoms with Crippen LogP contribution in [0.25, 0.3) is 0 Å². The third kappa shape index (κ3) is 6.01. The molecule has 0 bridgehead atoms. The van der Waals surface area contributed by atoms with E-state index < -0.39 is 17.6 Å². The molecule has 0 aromatic heterocycles. The zero-order chi connectivity index (χ0) is 18.3. The molecule has 0 aliphatic rings. The largest absolute Gasteiger partial charge is 0.478 e. The van der Waals surface area contributed by atoms with Gasteiger partial charge in [0.25, 0.3) is 5.91 Å². The van der Waals surface area contributed by atoms with Crippen molar-refractivity contribution < 1.29 is 23.5 Å². The van der Waals surface area contributed by atoms with E-state index in [2.05, 4.69) is 37.2 Å². The second-order valence-electron chi connectivity index (χ2n) is 4.41. The summed E-state index contributed by atoms with van der Waals surface area (Å²) >= 11 is 6.13. The second-order valence-corrected chi connectivity index (χ2v) is 6.24. The fourth-order valence-corrected chi connectivity index (χ4v) is 2.26. The number of benzene rings is 2. The van der Waals surface area contributed by atoms with Crippen LogP contribution in [-0.2, 0) is 0 Å². The zero-order valence-corrected chi connectivity index (χ0v) is 15.6. The first-order valence-corrected chi connectivity index (χ1v) is 8.26. The van der Waals surface area contributed by atoms with Gasteiger partial charge in [0.2, 0.25) is 0 Å². The fourth-order valence-electron chi connectivity index (χ4n) is 1.59. The first-order chi connectivity index (χ1) is 11.3. The Morgan fingerprint density at radius 1 is 1.00 bits per heavy atom. The molecule has 2 aromatic carbocycles. The Kier molecular flexibility index (Phi) is 8.00. The molecule has 1 amide bonds. The summed E-state index contributed by atoms with van der Waals surface area (Å²) in [6, 6.07) is 8.15. The molecule has 0 heterocycles. The summed E-state index contributed by atoms with van der Waals surface area (Å²) in [6.07, 6.45) is 0. The van der Waals surface area contributed by atoms with Crippen LogP contribution in [0.2, 0.25) is 0 Å². The highest BCUT2D eigenvalue weighted by Crippen LogP contribution is 2.15. The smallest absolute Gasteiger partial charge is 0.338 e. The van der Waals surface area contributed by atoms with Crippen molar-refractivity contribution in [1.82, 2.24) is 5.32 Å². The minimum atomic E-state index is -1.25. The lowest BCUT2D eigenvalue weighted by Crippen LogP contribution is -2.23. The number of carbonyl (C=O) groups is 2. The van der Waals surface area contributed by atoms with E-state index in [-0.39, 0.29) is 17.0 Å². The van der Waals surface area contributed by atoms with Crippen molar-refractivity contribution in [3.63, 3.8) is 0 Å². The van der Waals surface area contributed by atoms with E-state index >= 15 is 0 Å². The first kappa shape index (κ1) is 20.2. The summed E-state index contributed by atoms with van der Waals surface area (Å²) in [5.41, 5.74) is -0.238. The molecule has 8 heteroatoms. The average Bonchev–Trinajstić information content (AvgIpc) is 2.47. The third-order valence-corrected chi connectivity index (χ3v) is 3.66. The highest BCUT2D eigenvalue weighted by molar-refractivity contribution is 9.10. The molecule has 0 unspecified atom stereocenters. The molecule has 0 aliphatic heterocycles. The maximum Gasteiger partial charge on any atom is 0.338 e. The molecule has 24 heavy (non-hydrogen) atoms. The standard InChI is InChI=1S/C9H9BrFNO.C7H4BrFO2/c1-2-12-9(13)7-4-3-6(10)5-8(7)11;8-4-1-2-5(7(10)11)6(9)3-4/h3-5H,2H2,1H3,(H,12,13);1-3H,(H,10,11). The molecule has 2 N–H and O–H groups in total. The van der Waals surface area contributed by atoms with Crippen LogP contribution in [-0.4, -0.2) is 23.5 Å². The fraction of sp³-hybridized carbons (Fsp3) is 0.125. The van der Waals surface area contributed by atoms with Gasteiger partial charge in [-0.1, -0.05) is 31.9 Å². The number of hydrogen-bond donors (Lipinski definition) is 2. The van der Waals surface area contributed by atoms with Crippen molar-refractivity contribution in [1.29, 1.82) is 0 Å². The Balaban J connectivity index is 0.000000243. The summed E-state index contributed by atoms with van der Waals surface area (Å²) in [7, 11) is 0. The van der Waals surface area contributed by atoms with Crippen LogP contribution in [0.3, 0.4) is 0 Å². The summed E-state index contributed by atoms with van der Waals surface area (Å²) in [4.78, 5) is 21.5. The van der Waals surface area contributed by atoms with E-state index in [1.807, 2.05) is 0 Å². The van der Waals surface area contributed by atoms with Crippen LogP contribution < -0.4 is 5.32 Å². The summed E-state index contributed by atoms with van der Waals surface area (Å²) < 4.78 is 27.0. The van der Waals surface area contributed by atoms with Gasteiger partial charge in [-0.05, 0) is 43.3 Å². The number of carbonyl (C=O) groups excluding carboxylic acids is 1. The van der Waals surface area contributed by atoms with Crippen molar-refractivity contribution >= 4 is 43.7 Å². The Morgan fingerprint density at radius 3 is 1.83 bits per heavy atom. The maximum atomic E-state index is 13.1. The normalized spacial score (nSPS) is 9.71. The number of nitrogens with one attached hydrogen (secondary N) is 1. The lowest BCUT2D eigenvalue weighted by Gasteiger charge is -2.03. The van der Waals surface area contributed by atoms with Crippen LogP contribution in [0, 0.1) is 11.6 Å². The lowest BCUT2D eigenvalue weighted by molar-refractivity contribution is 0.0691. The van der Waals surface area contributed by atoms with Gasteiger partial charge in [0.05, 0.1) is 11.1 Å². The van der Waals surface area contributed by atoms with Crippen LogP contribution in [0.1, 0.15) is 27.6 Å². The molecule has 4 nitrogen and oxygen atoms in total. The minimum Gasteiger partial charge on any atom is -0.478 e. The van der Waals surface area contributed by atoms with Gasteiger partial charge in [0, 0.05) is 15.5 Å². The van der Waals surface area contributed by atoms with Gasteiger partial charge < -0.3 is 10.4 Å². The molecule has 128 valence electrons. The molecule has 2 rings (SSSR count). The molecule has 0 atom stereocenters. The lowest BCUT2D eigenvalue weighted by atomic mass is 10.2. The number of rotatable bonds is 3. The quantitative estimate of drug-likeness (QED) is 0.696. The second kappa shape index (κ2) is 9.48. The summed E-state index contributed by atoms with van der Waals surface area (Å²) in [5.74, 6) is -2.88. The molecule has 2 aromatic rings. The maximum absolute atomic E-state index is 13.1. The Bertz CT molecular complexity index is 754. The molecule has 0 radical (unpaired) electrons. The number of carboxylic acid groups (broad SMARTS) is 1. The molecule has 0 saturated carbocycles. The topological polar surface area (TPSA) is 66.4 Å². The molecular formula is C16H13Br2F2NO3. The molecule has 0 spiro atoms. The molecule has 0 aliphatic carbocycles. The predicted molar refractivity (Wildman–Crippen MR) is 93.2 cm³/mol. The van der Waals surface area contributed by atoms with Crippen LogP contribution in [0.4, 0.5) is 8.78 Å². The van der Waals surface area contributed by atoms with E-state index in [1.165, 1.54) is 24.3 Å². The van der Waals surface area contributed by atoms with Crippen molar-refractivity contribution in [3.05, 3.63) is 68.1 Å². The van der Waals surface area contributed by atoms with E-state index in [0.717, 1.165) is 6.07 Å². The van der Waals surface area contributed by atoms with Crippen LogP contribution >= 0.6 is 31.9 Å². The number of carboxylic acids is 1. The van der Waals surface area contributed by atoms with E-state index in [1.54, 1.807) is 13.0 Å². The number of hydrogen-bond acceptors (Lipinski definition) is 2. The SMILES string of the molecule is CCNC(=O)c1ccc(Br)cc1F.O=C(O)c1ccc(Br)cc1F. The van der Waals surface area contributed by atoms with Gasteiger partial charge in [0.1, 0.15) is 11.6 Å². The third-order valence-electron chi connectivity index (χ3n) is 2.67. The highest BCUT2D eigenvalue weighted by Gasteiger charge is 2.10. The minimum absolute atomic E-state index is 0.0741. The van der Waals surface area contributed by atoms with Crippen molar-refractivity contribution in [2.24, 2.45) is 0 Å². The highest BCUT2D eigenvalue weighted by atomic mass is 79.9. The van der Waals surface area contributed by atoms with Gasteiger partial charge in [-0.15, -0.1) is 0 Å². The predicted octanol–water partition coefficient (Wildman–Crippen LogP) is 4.62. The Labute approximate surface area is 154 Å². The molecule has 0 saturated heterocycles. The monoisotopic (exact) mass is 463 g/mol. The zero-order valence-electron chi connectivity index (χ0n) is 12.4. The number of halogens is 4. The molecule has 0 fully saturated rings. The number of amides is 1. The van der Waals surface area contributed by atoms with E-state index in [0.29, 0.717) is 15.5 Å². The van der Waals surface area contributed by atoms with Gasteiger partial charge in [-0.3, -0.25) is 4.79 Å². The Hall–Kier alpha value is -1.80. The van der Waals surface area contributed by atoms with Crippen molar-refractivity contribution in [2.75, 3.05) is 6.54 Å². The van der Waals surface area contributed by atoms with Gasteiger partial charge in [-0.25, -0.2) is 13.6 Å². The van der Waals surface area contributed by atoms with Gasteiger partial charge >= 0.3 is 5.97 Å². The van der Waals surface area contributed by atoms with Crippen LogP contribution in [0.5, 0.6) is 0 Å². The van der Waals surface area contributed by atoms with Gasteiger partial charge in [0.15, 0.2) is 0 Å². The van der Waals surface area contributed by atoms with E-state index in [9.17, 15) is 18.4 Å². The number of aromatic carboxylic acids is 1. The van der Waals surface area contributed by atoms with Gasteiger partial charge in [-0.2, -0.15) is 0 Å².